The maximum atomic E-state index is 5.15. The van der Waals surface area contributed by atoms with Crippen LogP contribution in [-0.2, 0) is 5.41 Å². The van der Waals surface area contributed by atoms with Crippen LogP contribution in [0.1, 0.15) is 45.1 Å². The SMILES string of the molecule is c1ccc(C2=NC(c3ccccc3)N=C(c3cccc(-c4cccc(-c5ccc6c(c5)C5(c7ccccc7N(c7ccccc7)c7ccccc75)c5cccnc5-6)c4)c3)N2)cc1. The van der Waals surface area contributed by atoms with E-state index in [1.165, 1.54) is 39.2 Å². The van der Waals surface area contributed by atoms with Gasteiger partial charge in [0.05, 0.1) is 22.5 Å². The third kappa shape index (κ3) is 5.66. The predicted octanol–water partition coefficient (Wildman–Crippen LogP) is 13.1. The van der Waals surface area contributed by atoms with Gasteiger partial charge < -0.3 is 10.2 Å². The van der Waals surface area contributed by atoms with Gasteiger partial charge >= 0.3 is 0 Å². The van der Waals surface area contributed by atoms with E-state index in [2.05, 4.69) is 192 Å². The molecule has 2 aliphatic heterocycles. The summed E-state index contributed by atoms with van der Waals surface area (Å²) in [6.45, 7) is 0. The minimum absolute atomic E-state index is 0.358. The van der Waals surface area contributed by atoms with Crippen molar-refractivity contribution in [3.63, 3.8) is 0 Å². The van der Waals surface area contributed by atoms with Gasteiger partial charge in [-0.15, -0.1) is 0 Å². The Hall–Kier alpha value is -8.15. The molecule has 292 valence electrons. The van der Waals surface area contributed by atoms with Gasteiger partial charge in [0.2, 0.25) is 0 Å². The fraction of sp³-hybridized carbons (Fsp3) is 0.0351. The highest BCUT2D eigenvalue weighted by molar-refractivity contribution is 6.16. The molecule has 3 aliphatic rings. The third-order valence-electron chi connectivity index (χ3n) is 12.6. The number of pyridine rings is 1. The van der Waals surface area contributed by atoms with E-state index in [4.69, 9.17) is 15.0 Å². The first-order valence-corrected chi connectivity index (χ1v) is 21.1. The van der Waals surface area contributed by atoms with Gasteiger partial charge in [-0.05, 0) is 98.6 Å². The van der Waals surface area contributed by atoms with E-state index in [0.717, 1.165) is 62.0 Å². The maximum absolute atomic E-state index is 5.15. The number of aliphatic imine (C=N–C) groups is 2. The quantitative estimate of drug-likeness (QED) is 0.182. The van der Waals surface area contributed by atoms with Crippen molar-refractivity contribution >= 4 is 28.7 Å². The first-order valence-electron chi connectivity index (χ1n) is 21.1. The Balaban J connectivity index is 0.967. The highest BCUT2D eigenvalue weighted by atomic mass is 15.2. The lowest BCUT2D eigenvalue weighted by Gasteiger charge is -2.45. The van der Waals surface area contributed by atoms with Crippen molar-refractivity contribution in [3.05, 3.63) is 264 Å². The number of hydrogen-bond donors (Lipinski definition) is 1. The minimum atomic E-state index is -0.577. The highest BCUT2D eigenvalue weighted by Crippen LogP contribution is 2.63. The van der Waals surface area contributed by atoms with Crippen molar-refractivity contribution in [1.82, 2.24) is 10.3 Å². The van der Waals surface area contributed by atoms with E-state index >= 15 is 0 Å². The van der Waals surface area contributed by atoms with Gasteiger partial charge in [-0.25, -0.2) is 9.98 Å². The molecular formula is C57H39N5. The molecule has 9 aromatic rings. The molecule has 0 fully saturated rings. The van der Waals surface area contributed by atoms with Gasteiger partial charge in [0.25, 0.3) is 0 Å². The number of anilines is 3. The number of nitrogens with zero attached hydrogens (tertiary/aromatic N) is 4. The fourth-order valence-electron chi connectivity index (χ4n) is 9.83. The number of nitrogens with one attached hydrogen (secondary N) is 1. The average molecular weight is 794 g/mol. The summed E-state index contributed by atoms with van der Waals surface area (Å²) in [5, 5.41) is 3.58. The highest BCUT2D eigenvalue weighted by Gasteiger charge is 2.52. The molecule has 1 N–H and O–H groups in total. The van der Waals surface area contributed by atoms with Crippen molar-refractivity contribution in [1.29, 1.82) is 0 Å². The van der Waals surface area contributed by atoms with Crippen molar-refractivity contribution in [2.45, 2.75) is 11.6 Å². The summed E-state index contributed by atoms with van der Waals surface area (Å²) in [7, 11) is 0. The van der Waals surface area contributed by atoms with Crippen molar-refractivity contribution < 1.29 is 0 Å². The summed E-state index contributed by atoms with van der Waals surface area (Å²) in [4.78, 5) is 17.7. The van der Waals surface area contributed by atoms with Crippen LogP contribution in [0, 0.1) is 0 Å². The second kappa shape index (κ2) is 14.5. The molecule has 0 saturated heterocycles. The van der Waals surface area contributed by atoms with Crippen LogP contribution in [0.5, 0.6) is 0 Å². The van der Waals surface area contributed by atoms with Crippen LogP contribution in [0.15, 0.2) is 235 Å². The molecule has 5 heteroatoms. The summed E-state index contributed by atoms with van der Waals surface area (Å²) in [5.74, 6) is 1.60. The second-order valence-electron chi connectivity index (χ2n) is 16.0. The lowest BCUT2D eigenvalue weighted by molar-refractivity contribution is 0.751. The lowest BCUT2D eigenvalue weighted by Crippen LogP contribution is -2.36. The Morgan fingerprint density at radius 2 is 0.919 bits per heavy atom. The topological polar surface area (TPSA) is 52.9 Å². The molecule has 62 heavy (non-hydrogen) atoms. The van der Waals surface area contributed by atoms with Crippen LogP contribution in [0.25, 0.3) is 33.5 Å². The molecule has 1 aliphatic carbocycles. The molecule has 3 heterocycles. The van der Waals surface area contributed by atoms with Crippen LogP contribution in [0.2, 0.25) is 0 Å². The standard InChI is InChI=1S/C57H39N5/c1-4-17-38(18-5-1)54-59-55(39-19-6-2-7-20-39)61-56(60-54)44-24-15-23-42(36-44)40-21-14-22-41(35-40)43-32-33-46-50(37-43)57(49-29-16-34-58-53(46)49)47-27-10-12-30-51(47)62(45-25-8-3-9-26-45)52-31-13-11-28-48(52)57/h1-37,54H,(H,59,60,61). The summed E-state index contributed by atoms with van der Waals surface area (Å²) >= 11 is 0. The molecular weight excluding hydrogens is 755 g/mol. The van der Waals surface area contributed by atoms with E-state index < -0.39 is 5.41 Å². The van der Waals surface area contributed by atoms with Crippen LogP contribution in [0.4, 0.5) is 17.1 Å². The average Bonchev–Trinajstić information content (AvgIpc) is 3.65. The first-order chi connectivity index (χ1) is 30.7. The number of aromatic nitrogens is 1. The van der Waals surface area contributed by atoms with Gasteiger partial charge in [0.15, 0.2) is 6.17 Å². The molecule has 0 bridgehead atoms. The molecule has 1 aromatic heterocycles. The van der Waals surface area contributed by atoms with Gasteiger partial charge in [-0.1, -0.05) is 170 Å². The molecule has 12 rings (SSSR count). The van der Waals surface area contributed by atoms with Gasteiger partial charge in [0, 0.05) is 28.6 Å². The van der Waals surface area contributed by atoms with Crippen LogP contribution >= 0.6 is 0 Å². The Kier molecular flexibility index (Phi) is 8.39. The normalized spacial score (nSPS) is 15.4. The first kappa shape index (κ1) is 35.8. The number of benzene rings is 8. The van der Waals surface area contributed by atoms with Crippen molar-refractivity contribution in [2.24, 2.45) is 9.98 Å². The van der Waals surface area contributed by atoms with Gasteiger partial charge in [-0.3, -0.25) is 4.98 Å². The van der Waals surface area contributed by atoms with E-state index in [-0.39, 0.29) is 6.17 Å². The third-order valence-corrected chi connectivity index (χ3v) is 12.6. The number of rotatable bonds is 6. The van der Waals surface area contributed by atoms with Crippen LogP contribution < -0.4 is 10.2 Å². The summed E-state index contributed by atoms with van der Waals surface area (Å²) in [6.07, 6.45) is 1.57. The molecule has 1 unspecified atom stereocenters. The monoisotopic (exact) mass is 793 g/mol. The molecule has 5 nitrogen and oxygen atoms in total. The van der Waals surface area contributed by atoms with Crippen LogP contribution in [0.3, 0.4) is 0 Å². The zero-order valence-corrected chi connectivity index (χ0v) is 33.7. The number of hydrogen-bond acceptors (Lipinski definition) is 5. The summed E-state index contributed by atoms with van der Waals surface area (Å²) in [6, 6.07) is 78.0. The molecule has 1 atom stereocenters. The van der Waals surface area contributed by atoms with Crippen molar-refractivity contribution in [3.8, 4) is 33.5 Å². The molecule has 0 radical (unpaired) electrons. The van der Waals surface area contributed by atoms with E-state index in [1.54, 1.807) is 0 Å². The Bertz CT molecular complexity index is 3180. The maximum Gasteiger partial charge on any atom is 0.169 e. The fourth-order valence-corrected chi connectivity index (χ4v) is 9.83. The number of para-hydroxylation sites is 3. The predicted molar refractivity (Wildman–Crippen MR) is 252 cm³/mol. The molecule has 8 aromatic carbocycles. The Labute approximate surface area is 361 Å². The number of amidine groups is 2. The lowest BCUT2D eigenvalue weighted by atomic mass is 9.64. The van der Waals surface area contributed by atoms with Crippen molar-refractivity contribution in [2.75, 3.05) is 4.90 Å². The van der Waals surface area contributed by atoms with Gasteiger partial charge in [0.1, 0.15) is 11.7 Å². The molecule has 0 saturated carbocycles. The second-order valence-corrected chi connectivity index (χ2v) is 16.0. The van der Waals surface area contributed by atoms with Crippen LogP contribution in [-0.4, -0.2) is 16.7 Å². The molecule has 0 amide bonds. The summed E-state index contributed by atoms with van der Waals surface area (Å²) in [5.41, 5.74) is 17.6. The number of fused-ring (bicyclic) bond motifs is 9. The smallest absolute Gasteiger partial charge is 0.169 e. The zero-order valence-electron chi connectivity index (χ0n) is 33.7. The minimum Gasteiger partial charge on any atom is -0.324 e. The molecule has 1 spiro atoms. The largest absolute Gasteiger partial charge is 0.324 e. The zero-order chi connectivity index (χ0) is 41.0. The van der Waals surface area contributed by atoms with E-state index in [1.807, 2.05) is 42.6 Å². The Morgan fingerprint density at radius 1 is 0.403 bits per heavy atom. The van der Waals surface area contributed by atoms with Gasteiger partial charge in [-0.2, -0.15) is 0 Å². The van der Waals surface area contributed by atoms with E-state index in [9.17, 15) is 0 Å². The summed E-state index contributed by atoms with van der Waals surface area (Å²) < 4.78 is 0. The van der Waals surface area contributed by atoms with E-state index in [0.29, 0.717) is 0 Å². The Morgan fingerprint density at radius 3 is 1.60 bits per heavy atom.